The summed E-state index contributed by atoms with van der Waals surface area (Å²) in [6.45, 7) is 5.08. The molecule has 36 heavy (non-hydrogen) atoms. The second kappa shape index (κ2) is 9.63. The lowest BCUT2D eigenvalue weighted by Gasteiger charge is -2.37. The SMILES string of the molecule is C[C@@H]1CN(c2ccn3ncc(C(=O)Nc4cn(-c5ccc(CO)cc5)nc4C(F)F)c3n2)[C@H](C)CO1. The third-order valence-electron chi connectivity index (χ3n) is 6.08. The maximum absolute atomic E-state index is 13.7. The zero-order chi connectivity index (χ0) is 25.4. The number of aliphatic hydroxyl groups excluding tert-OH is 1. The van der Waals surface area contributed by atoms with E-state index >= 15 is 0 Å². The maximum Gasteiger partial charge on any atom is 0.284 e. The Balaban J connectivity index is 1.44. The molecule has 1 saturated heterocycles. The van der Waals surface area contributed by atoms with Gasteiger partial charge >= 0.3 is 0 Å². The summed E-state index contributed by atoms with van der Waals surface area (Å²) >= 11 is 0. The first kappa shape index (κ1) is 23.8. The van der Waals surface area contributed by atoms with E-state index in [1.165, 1.54) is 21.6 Å². The van der Waals surface area contributed by atoms with Crippen molar-refractivity contribution >= 4 is 23.1 Å². The van der Waals surface area contributed by atoms with Crippen LogP contribution >= 0.6 is 0 Å². The lowest BCUT2D eigenvalue weighted by Crippen LogP contribution is -2.47. The van der Waals surface area contributed by atoms with E-state index in [1.807, 2.05) is 19.9 Å². The third kappa shape index (κ3) is 4.52. The number of morpholine rings is 1. The van der Waals surface area contributed by atoms with Gasteiger partial charge in [0, 0.05) is 12.7 Å². The predicted octanol–water partition coefficient (Wildman–Crippen LogP) is 3.21. The van der Waals surface area contributed by atoms with Gasteiger partial charge in [0.05, 0.1) is 49.1 Å². The summed E-state index contributed by atoms with van der Waals surface area (Å²) in [6.07, 6.45) is 1.52. The monoisotopic (exact) mass is 497 g/mol. The first-order valence-corrected chi connectivity index (χ1v) is 11.5. The molecule has 2 atom stereocenters. The van der Waals surface area contributed by atoms with Crippen LogP contribution in [-0.4, -0.2) is 60.7 Å². The molecule has 188 valence electrons. The summed E-state index contributed by atoms with van der Waals surface area (Å²) in [5.74, 6) is 0.0437. The molecule has 0 unspecified atom stereocenters. The second-order valence-electron chi connectivity index (χ2n) is 8.71. The minimum Gasteiger partial charge on any atom is -0.392 e. The van der Waals surface area contributed by atoms with Crippen LogP contribution in [0, 0.1) is 0 Å². The third-order valence-corrected chi connectivity index (χ3v) is 6.08. The normalized spacial score (nSPS) is 18.2. The predicted molar refractivity (Wildman–Crippen MR) is 128 cm³/mol. The molecule has 2 N–H and O–H groups in total. The Morgan fingerprint density at radius 2 is 2.03 bits per heavy atom. The van der Waals surface area contributed by atoms with Crippen LogP contribution < -0.4 is 10.2 Å². The summed E-state index contributed by atoms with van der Waals surface area (Å²) in [5, 5.41) is 19.9. The lowest BCUT2D eigenvalue weighted by molar-refractivity contribution is 0.0340. The van der Waals surface area contributed by atoms with Crippen molar-refractivity contribution in [1.29, 1.82) is 0 Å². The fourth-order valence-electron chi connectivity index (χ4n) is 4.12. The van der Waals surface area contributed by atoms with Gasteiger partial charge in [-0.15, -0.1) is 0 Å². The van der Waals surface area contributed by atoms with Gasteiger partial charge in [-0.25, -0.2) is 23.0 Å². The van der Waals surface area contributed by atoms with Crippen LogP contribution in [0.25, 0.3) is 11.3 Å². The number of fused-ring (bicyclic) bond motifs is 1. The van der Waals surface area contributed by atoms with Crippen molar-refractivity contribution in [2.45, 2.75) is 39.0 Å². The van der Waals surface area contributed by atoms with Crippen LogP contribution in [0.3, 0.4) is 0 Å². The zero-order valence-electron chi connectivity index (χ0n) is 19.7. The van der Waals surface area contributed by atoms with E-state index in [9.17, 15) is 18.7 Å². The molecular formula is C24H25F2N7O3. The molecule has 1 aliphatic rings. The van der Waals surface area contributed by atoms with Crippen molar-refractivity contribution < 1.29 is 23.4 Å². The van der Waals surface area contributed by atoms with E-state index in [4.69, 9.17) is 4.74 Å². The highest BCUT2D eigenvalue weighted by atomic mass is 19.3. The van der Waals surface area contributed by atoms with Crippen molar-refractivity contribution in [2.75, 3.05) is 23.4 Å². The van der Waals surface area contributed by atoms with Crippen LogP contribution in [0.2, 0.25) is 0 Å². The van der Waals surface area contributed by atoms with E-state index in [0.29, 0.717) is 35.9 Å². The lowest BCUT2D eigenvalue weighted by atomic mass is 10.2. The van der Waals surface area contributed by atoms with Gasteiger partial charge in [-0.3, -0.25) is 4.79 Å². The van der Waals surface area contributed by atoms with Gasteiger partial charge in [0.25, 0.3) is 12.3 Å². The Labute approximate surface area is 205 Å². The minimum absolute atomic E-state index is 0.0380. The molecule has 1 aliphatic heterocycles. The molecule has 1 amide bonds. The number of alkyl halides is 2. The van der Waals surface area contributed by atoms with Crippen molar-refractivity contribution in [3.05, 3.63) is 65.7 Å². The minimum atomic E-state index is -2.91. The smallest absolute Gasteiger partial charge is 0.284 e. The van der Waals surface area contributed by atoms with Gasteiger partial charge < -0.3 is 20.1 Å². The standard InChI is InChI=1S/C24H25F2N7O3/c1-14-13-36-15(2)10-31(14)20-7-8-32-23(29-20)18(9-27-32)24(35)28-19-11-33(30-21(19)22(25)26)17-5-3-16(12-34)4-6-17/h3-9,11,14-15,22,34H,10,12-13H2,1-2H3,(H,28,35)/t14-,15-/m1/s1. The number of rotatable bonds is 6. The number of nitrogens with zero attached hydrogens (tertiary/aromatic N) is 6. The molecule has 1 aromatic carbocycles. The van der Waals surface area contributed by atoms with E-state index in [2.05, 4.69) is 25.4 Å². The zero-order valence-corrected chi connectivity index (χ0v) is 19.7. The van der Waals surface area contributed by atoms with Gasteiger partial charge in [-0.2, -0.15) is 10.2 Å². The summed E-state index contributed by atoms with van der Waals surface area (Å²) in [5.41, 5.74) is 0.955. The van der Waals surface area contributed by atoms with Crippen LogP contribution in [0.1, 0.15) is 41.9 Å². The molecule has 0 saturated carbocycles. The van der Waals surface area contributed by atoms with Crippen molar-refractivity contribution in [3.8, 4) is 5.69 Å². The molecule has 0 bridgehead atoms. The van der Waals surface area contributed by atoms with Crippen molar-refractivity contribution in [3.63, 3.8) is 0 Å². The number of hydrogen-bond donors (Lipinski definition) is 2. The number of amides is 1. The highest BCUT2D eigenvalue weighted by Gasteiger charge is 2.26. The van der Waals surface area contributed by atoms with Gasteiger partial charge in [-0.05, 0) is 37.6 Å². The number of benzene rings is 1. The van der Waals surface area contributed by atoms with E-state index in [1.54, 1.807) is 30.5 Å². The fraction of sp³-hybridized carbons (Fsp3) is 0.333. The van der Waals surface area contributed by atoms with Crippen LogP contribution in [0.15, 0.2) is 48.9 Å². The summed E-state index contributed by atoms with van der Waals surface area (Å²) in [4.78, 5) is 19.9. The molecule has 0 radical (unpaired) electrons. The van der Waals surface area contributed by atoms with Crippen LogP contribution in [0.5, 0.6) is 0 Å². The van der Waals surface area contributed by atoms with E-state index in [0.717, 1.165) is 0 Å². The van der Waals surface area contributed by atoms with E-state index < -0.39 is 18.0 Å². The Morgan fingerprint density at radius 1 is 1.25 bits per heavy atom. The molecular weight excluding hydrogens is 472 g/mol. The largest absolute Gasteiger partial charge is 0.392 e. The first-order valence-electron chi connectivity index (χ1n) is 11.5. The number of ether oxygens (including phenoxy) is 1. The Morgan fingerprint density at radius 3 is 2.75 bits per heavy atom. The molecule has 4 heterocycles. The summed E-state index contributed by atoms with van der Waals surface area (Å²) < 4.78 is 35.9. The molecule has 5 rings (SSSR count). The van der Waals surface area contributed by atoms with Crippen molar-refractivity contribution in [1.82, 2.24) is 24.4 Å². The van der Waals surface area contributed by atoms with Gasteiger partial charge in [-0.1, -0.05) is 12.1 Å². The summed E-state index contributed by atoms with van der Waals surface area (Å²) in [7, 11) is 0. The average Bonchev–Trinajstić information content (AvgIpc) is 3.49. The maximum atomic E-state index is 13.7. The number of aliphatic hydroxyl groups is 1. The fourth-order valence-corrected chi connectivity index (χ4v) is 4.12. The summed E-state index contributed by atoms with van der Waals surface area (Å²) in [6, 6.07) is 8.53. The molecule has 1 fully saturated rings. The molecule has 4 aromatic rings. The van der Waals surface area contributed by atoms with Gasteiger partial charge in [0.2, 0.25) is 0 Å². The number of halogens is 2. The number of carbonyl (C=O) groups is 1. The van der Waals surface area contributed by atoms with Crippen LogP contribution in [-0.2, 0) is 11.3 Å². The molecule has 0 spiro atoms. The Hall–Kier alpha value is -3.90. The molecule has 10 nitrogen and oxygen atoms in total. The topological polar surface area (TPSA) is 110 Å². The number of nitrogens with one attached hydrogen (secondary N) is 1. The van der Waals surface area contributed by atoms with Crippen LogP contribution in [0.4, 0.5) is 20.3 Å². The Bertz CT molecular complexity index is 1390. The number of hydrogen-bond acceptors (Lipinski definition) is 7. The number of aromatic nitrogens is 5. The number of anilines is 2. The molecule has 0 aliphatic carbocycles. The Kier molecular flexibility index (Phi) is 6.37. The van der Waals surface area contributed by atoms with E-state index in [-0.39, 0.29) is 30.0 Å². The average molecular weight is 498 g/mol. The number of carbonyl (C=O) groups excluding carboxylic acids is 1. The molecule has 12 heteroatoms. The van der Waals surface area contributed by atoms with Gasteiger partial charge in [0.1, 0.15) is 11.4 Å². The highest BCUT2D eigenvalue weighted by Crippen LogP contribution is 2.28. The quantitative estimate of drug-likeness (QED) is 0.421. The van der Waals surface area contributed by atoms with Crippen molar-refractivity contribution in [2.24, 2.45) is 0 Å². The van der Waals surface area contributed by atoms with Gasteiger partial charge in [0.15, 0.2) is 11.3 Å². The second-order valence-corrected chi connectivity index (χ2v) is 8.71. The molecule has 3 aromatic heterocycles. The first-order chi connectivity index (χ1) is 17.3. The highest BCUT2D eigenvalue weighted by molar-refractivity contribution is 6.08.